The van der Waals surface area contributed by atoms with Crippen LogP contribution < -0.4 is 15.4 Å². The molecule has 0 saturated carbocycles. The smallest absolute Gasteiger partial charge is 0.337 e. The second-order valence-corrected chi connectivity index (χ2v) is 6.50. The highest BCUT2D eigenvalue weighted by atomic mass is 32.2. The van der Waals surface area contributed by atoms with E-state index in [2.05, 4.69) is 10.6 Å². The summed E-state index contributed by atoms with van der Waals surface area (Å²) in [6.45, 7) is 4.49. The lowest BCUT2D eigenvalue weighted by molar-refractivity contribution is 0.0697. The van der Waals surface area contributed by atoms with Gasteiger partial charge in [-0.05, 0) is 38.3 Å². The highest BCUT2D eigenvalue weighted by Gasteiger charge is 2.18. The van der Waals surface area contributed by atoms with Crippen LogP contribution in [-0.4, -0.2) is 41.8 Å². The first-order valence-corrected chi connectivity index (χ1v) is 7.53. The molecule has 0 bridgehead atoms. The zero-order valence-electron chi connectivity index (χ0n) is 12.5. The molecule has 0 atom stereocenters. The Morgan fingerprint density at radius 3 is 2.57 bits per heavy atom. The van der Waals surface area contributed by atoms with Crippen molar-refractivity contribution in [2.45, 2.75) is 18.6 Å². The maximum Gasteiger partial charge on any atom is 0.337 e. The predicted molar refractivity (Wildman–Crippen MR) is 84.6 cm³/mol. The fourth-order valence-corrected chi connectivity index (χ4v) is 1.68. The van der Waals surface area contributed by atoms with Crippen LogP contribution in [0.25, 0.3) is 0 Å². The van der Waals surface area contributed by atoms with Gasteiger partial charge in [0.2, 0.25) is 0 Å². The first-order valence-electron chi connectivity index (χ1n) is 6.30. The second kappa shape index (κ2) is 7.21. The SMILES string of the molecule is COc1ccc(NC(=O)NCC(C)(C)SC)c(C(=O)O)c1. The minimum absolute atomic E-state index is 0.0198. The van der Waals surface area contributed by atoms with Crippen LogP contribution in [0.15, 0.2) is 18.2 Å². The van der Waals surface area contributed by atoms with Crippen LogP contribution in [0.4, 0.5) is 10.5 Å². The average molecular weight is 312 g/mol. The van der Waals surface area contributed by atoms with Crippen LogP contribution in [0.5, 0.6) is 5.75 Å². The topological polar surface area (TPSA) is 87.7 Å². The van der Waals surface area contributed by atoms with Gasteiger partial charge in [0.15, 0.2) is 0 Å². The van der Waals surface area contributed by atoms with Gasteiger partial charge >= 0.3 is 12.0 Å². The number of carbonyl (C=O) groups excluding carboxylic acids is 1. The van der Waals surface area contributed by atoms with E-state index in [1.165, 1.54) is 19.2 Å². The highest BCUT2D eigenvalue weighted by molar-refractivity contribution is 7.99. The Bertz CT molecular complexity index is 532. The van der Waals surface area contributed by atoms with Crippen molar-refractivity contribution in [1.82, 2.24) is 5.32 Å². The van der Waals surface area contributed by atoms with E-state index in [4.69, 9.17) is 9.84 Å². The molecule has 6 nitrogen and oxygen atoms in total. The third-order valence-electron chi connectivity index (χ3n) is 2.93. The van der Waals surface area contributed by atoms with Crippen LogP contribution in [0.3, 0.4) is 0 Å². The Morgan fingerprint density at radius 2 is 2.05 bits per heavy atom. The number of carbonyl (C=O) groups is 2. The van der Waals surface area contributed by atoms with Crippen molar-refractivity contribution in [2.75, 3.05) is 25.2 Å². The number of hydrogen-bond acceptors (Lipinski definition) is 4. The van der Waals surface area contributed by atoms with Gasteiger partial charge in [-0.15, -0.1) is 0 Å². The number of amides is 2. The number of thioether (sulfide) groups is 1. The summed E-state index contributed by atoms with van der Waals surface area (Å²) in [4.78, 5) is 23.1. The molecule has 2 amide bonds. The van der Waals surface area contributed by atoms with Crippen molar-refractivity contribution in [3.63, 3.8) is 0 Å². The summed E-state index contributed by atoms with van der Waals surface area (Å²) < 4.78 is 4.89. The van der Waals surface area contributed by atoms with E-state index in [0.717, 1.165) is 0 Å². The molecule has 0 unspecified atom stereocenters. The summed E-state index contributed by atoms with van der Waals surface area (Å²) in [5.41, 5.74) is 0.205. The van der Waals surface area contributed by atoms with E-state index in [-0.39, 0.29) is 16.0 Å². The van der Waals surface area contributed by atoms with E-state index >= 15 is 0 Å². The number of urea groups is 1. The zero-order valence-corrected chi connectivity index (χ0v) is 13.3. The number of anilines is 1. The summed E-state index contributed by atoms with van der Waals surface area (Å²) in [7, 11) is 1.45. The van der Waals surface area contributed by atoms with Crippen LogP contribution in [0.1, 0.15) is 24.2 Å². The summed E-state index contributed by atoms with van der Waals surface area (Å²) in [5.74, 6) is -0.712. The number of carboxylic acids is 1. The highest BCUT2D eigenvalue weighted by Crippen LogP contribution is 2.22. The lowest BCUT2D eigenvalue weighted by Crippen LogP contribution is -2.38. The molecule has 0 heterocycles. The molecule has 0 aliphatic rings. The van der Waals surface area contributed by atoms with Gasteiger partial charge in [-0.1, -0.05) is 0 Å². The van der Waals surface area contributed by atoms with Gasteiger partial charge < -0.3 is 20.5 Å². The minimum Gasteiger partial charge on any atom is -0.497 e. The van der Waals surface area contributed by atoms with E-state index < -0.39 is 12.0 Å². The molecule has 1 rings (SSSR count). The third kappa shape index (κ3) is 5.18. The molecular weight excluding hydrogens is 292 g/mol. The largest absolute Gasteiger partial charge is 0.497 e. The summed E-state index contributed by atoms with van der Waals surface area (Å²) in [5, 5.41) is 14.4. The Kier molecular flexibility index (Phi) is 5.90. The number of aromatic carboxylic acids is 1. The molecule has 1 aromatic carbocycles. The van der Waals surface area contributed by atoms with Gasteiger partial charge in [0.25, 0.3) is 0 Å². The fraction of sp³-hybridized carbons (Fsp3) is 0.429. The van der Waals surface area contributed by atoms with E-state index in [0.29, 0.717) is 12.3 Å². The number of ether oxygens (including phenoxy) is 1. The molecule has 0 aliphatic carbocycles. The fourth-order valence-electron chi connectivity index (χ4n) is 1.47. The van der Waals surface area contributed by atoms with Gasteiger partial charge in [-0.3, -0.25) is 0 Å². The second-order valence-electron chi connectivity index (χ2n) is 4.99. The molecule has 21 heavy (non-hydrogen) atoms. The van der Waals surface area contributed by atoms with Crippen LogP contribution in [-0.2, 0) is 0 Å². The van der Waals surface area contributed by atoms with Crippen LogP contribution in [0, 0.1) is 0 Å². The number of rotatable bonds is 6. The van der Waals surface area contributed by atoms with Crippen molar-refractivity contribution in [2.24, 2.45) is 0 Å². The summed E-state index contributed by atoms with van der Waals surface area (Å²) in [6.07, 6.45) is 1.96. The van der Waals surface area contributed by atoms with Gasteiger partial charge in [0.05, 0.1) is 18.4 Å². The molecule has 0 aromatic heterocycles. The molecule has 0 spiro atoms. The normalized spacial score (nSPS) is 10.9. The first-order chi connectivity index (χ1) is 9.79. The van der Waals surface area contributed by atoms with Crippen molar-refractivity contribution in [3.05, 3.63) is 23.8 Å². The minimum atomic E-state index is -1.13. The molecule has 1 aromatic rings. The van der Waals surface area contributed by atoms with Crippen molar-refractivity contribution in [1.29, 1.82) is 0 Å². The van der Waals surface area contributed by atoms with Gasteiger partial charge in [0, 0.05) is 11.3 Å². The van der Waals surface area contributed by atoms with Crippen molar-refractivity contribution < 1.29 is 19.4 Å². The zero-order chi connectivity index (χ0) is 16.0. The van der Waals surface area contributed by atoms with Crippen LogP contribution >= 0.6 is 11.8 Å². The van der Waals surface area contributed by atoms with E-state index in [9.17, 15) is 9.59 Å². The maximum atomic E-state index is 11.8. The van der Waals surface area contributed by atoms with Crippen molar-refractivity contribution in [3.8, 4) is 5.75 Å². The quantitative estimate of drug-likeness (QED) is 0.751. The molecule has 0 saturated heterocycles. The third-order valence-corrected chi connectivity index (χ3v) is 4.18. The molecule has 7 heteroatoms. The molecule has 3 N–H and O–H groups in total. The monoisotopic (exact) mass is 312 g/mol. The van der Waals surface area contributed by atoms with E-state index in [1.54, 1.807) is 17.8 Å². The van der Waals surface area contributed by atoms with Crippen LogP contribution in [0.2, 0.25) is 0 Å². The van der Waals surface area contributed by atoms with E-state index in [1.807, 2.05) is 20.1 Å². The lowest BCUT2D eigenvalue weighted by Gasteiger charge is -2.22. The molecule has 0 fully saturated rings. The number of carboxylic acid groups (broad SMARTS) is 1. The Morgan fingerprint density at radius 1 is 1.38 bits per heavy atom. The standard InChI is InChI=1S/C14H20N2O4S/c1-14(2,21-4)8-15-13(19)16-11-6-5-9(20-3)7-10(11)12(17)18/h5-7H,8H2,1-4H3,(H,17,18)(H2,15,16,19). The predicted octanol–water partition coefficient (Wildman–Crippen LogP) is 2.66. The number of nitrogens with one attached hydrogen (secondary N) is 2. The Labute approximate surface area is 128 Å². The number of methoxy groups -OCH3 is 1. The van der Waals surface area contributed by atoms with Gasteiger partial charge in [-0.25, -0.2) is 9.59 Å². The van der Waals surface area contributed by atoms with Gasteiger partial charge in [0.1, 0.15) is 5.75 Å². The number of benzene rings is 1. The maximum absolute atomic E-state index is 11.8. The Balaban J connectivity index is 2.78. The molecular formula is C14H20N2O4S. The number of hydrogen-bond donors (Lipinski definition) is 3. The molecule has 0 radical (unpaired) electrons. The van der Waals surface area contributed by atoms with Crippen molar-refractivity contribution >= 4 is 29.4 Å². The molecule has 0 aliphatic heterocycles. The Hall–Kier alpha value is -1.89. The summed E-state index contributed by atoms with van der Waals surface area (Å²) >= 11 is 1.64. The summed E-state index contributed by atoms with van der Waals surface area (Å²) in [6, 6.07) is 4.02. The molecule has 116 valence electrons. The lowest BCUT2D eigenvalue weighted by atomic mass is 10.1. The first kappa shape index (κ1) is 17.2. The van der Waals surface area contributed by atoms with Gasteiger partial charge in [-0.2, -0.15) is 11.8 Å². The average Bonchev–Trinajstić information content (AvgIpc) is 2.45.